The molecule has 8 heteroatoms. The van der Waals surface area contributed by atoms with Crippen LogP contribution in [0.15, 0.2) is 42.7 Å². The molecule has 1 saturated heterocycles. The van der Waals surface area contributed by atoms with Crippen LogP contribution in [0.3, 0.4) is 0 Å². The van der Waals surface area contributed by atoms with Crippen molar-refractivity contribution in [2.24, 2.45) is 0 Å². The molecule has 0 spiro atoms. The first-order chi connectivity index (χ1) is 12.5. The lowest BCUT2D eigenvalue weighted by atomic mass is 10.1. The number of sulfone groups is 1. The molecule has 3 rings (SSSR count). The molecule has 138 valence electrons. The minimum absolute atomic E-state index is 0.00189. The van der Waals surface area contributed by atoms with E-state index in [0.29, 0.717) is 31.0 Å². The highest BCUT2D eigenvalue weighted by atomic mass is 32.2. The Bertz CT molecular complexity index is 854. The number of amides is 1. The molecule has 0 aliphatic carbocycles. The number of nitrogens with one attached hydrogen (secondary N) is 1. The van der Waals surface area contributed by atoms with Crippen molar-refractivity contribution in [3.63, 3.8) is 0 Å². The van der Waals surface area contributed by atoms with Crippen LogP contribution in [0, 0.1) is 0 Å². The van der Waals surface area contributed by atoms with Crippen molar-refractivity contribution < 1.29 is 13.2 Å². The summed E-state index contributed by atoms with van der Waals surface area (Å²) in [5.41, 5.74) is 1.31. The molecule has 2 aromatic rings. The van der Waals surface area contributed by atoms with E-state index in [4.69, 9.17) is 0 Å². The normalized spacial score (nSPS) is 18.4. The summed E-state index contributed by atoms with van der Waals surface area (Å²) in [5.74, 6) is 0.328. The second kappa shape index (κ2) is 7.82. The number of benzene rings is 1. The van der Waals surface area contributed by atoms with Crippen LogP contribution in [0.5, 0.6) is 0 Å². The lowest BCUT2D eigenvalue weighted by Gasteiger charge is -2.28. The standard InChI is InChI=1S/C18H22N4O3S/c1-2-19-18-20-10-15(11-21-18)17(23)22(12-14-6-4-3-5-7-14)16-8-9-26(24,25)13-16/h3-7,10-11,16H,2,8-9,12-13H2,1H3,(H,19,20,21)/t16-/m0/s1. The van der Waals surface area contributed by atoms with Crippen molar-refractivity contribution in [3.8, 4) is 0 Å². The predicted octanol–water partition coefficient (Wildman–Crippen LogP) is 1.74. The molecule has 1 fully saturated rings. The van der Waals surface area contributed by atoms with Crippen molar-refractivity contribution in [2.45, 2.75) is 25.9 Å². The smallest absolute Gasteiger partial charge is 0.257 e. The van der Waals surface area contributed by atoms with E-state index in [-0.39, 0.29) is 23.5 Å². The summed E-state index contributed by atoms with van der Waals surface area (Å²) in [5, 5.41) is 2.98. The van der Waals surface area contributed by atoms with Crippen LogP contribution in [-0.2, 0) is 16.4 Å². The molecular weight excluding hydrogens is 352 g/mol. The van der Waals surface area contributed by atoms with Crippen LogP contribution in [-0.4, -0.2) is 53.3 Å². The van der Waals surface area contributed by atoms with Crippen LogP contribution in [0.4, 0.5) is 5.95 Å². The minimum atomic E-state index is -3.10. The highest BCUT2D eigenvalue weighted by Gasteiger charge is 2.35. The van der Waals surface area contributed by atoms with Gasteiger partial charge >= 0.3 is 0 Å². The van der Waals surface area contributed by atoms with Gasteiger partial charge in [-0.25, -0.2) is 18.4 Å². The number of anilines is 1. The molecule has 7 nitrogen and oxygen atoms in total. The Hall–Kier alpha value is -2.48. The number of rotatable bonds is 6. The Morgan fingerprint density at radius 2 is 1.92 bits per heavy atom. The van der Waals surface area contributed by atoms with Gasteiger partial charge in [0.15, 0.2) is 9.84 Å². The van der Waals surface area contributed by atoms with E-state index in [9.17, 15) is 13.2 Å². The Kier molecular flexibility index (Phi) is 5.51. The summed E-state index contributed by atoms with van der Waals surface area (Å²) < 4.78 is 23.8. The third kappa shape index (κ3) is 4.37. The topological polar surface area (TPSA) is 92.3 Å². The zero-order valence-corrected chi connectivity index (χ0v) is 15.4. The Morgan fingerprint density at radius 1 is 1.23 bits per heavy atom. The summed E-state index contributed by atoms with van der Waals surface area (Å²) >= 11 is 0. The van der Waals surface area contributed by atoms with E-state index < -0.39 is 9.84 Å². The average Bonchev–Trinajstić information content (AvgIpc) is 3.00. The van der Waals surface area contributed by atoms with Crippen LogP contribution in [0.2, 0.25) is 0 Å². The molecule has 0 saturated carbocycles. The maximum Gasteiger partial charge on any atom is 0.257 e. The second-order valence-corrected chi connectivity index (χ2v) is 8.53. The molecule has 1 amide bonds. The molecule has 1 aromatic carbocycles. The van der Waals surface area contributed by atoms with Gasteiger partial charge in [-0.3, -0.25) is 4.79 Å². The minimum Gasteiger partial charge on any atom is -0.355 e. The molecule has 1 N–H and O–H groups in total. The van der Waals surface area contributed by atoms with Crippen LogP contribution < -0.4 is 5.32 Å². The van der Waals surface area contributed by atoms with Gasteiger partial charge in [0, 0.05) is 31.5 Å². The fourth-order valence-corrected chi connectivity index (χ4v) is 4.75. The molecule has 1 aromatic heterocycles. The Balaban J connectivity index is 1.85. The van der Waals surface area contributed by atoms with Gasteiger partial charge in [0.05, 0.1) is 17.1 Å². The molecule has 0 radical (unpaired) electrons. The van der Waals surface area contributed by atoms with E-state index >= 15 is 0 Å². The third-order valence-corrected chi connectivity index (χ3v) is 6.09. The number of nitrogens with zero attached hydrogens (tertiary/aromatic N) is 3. The Labute approximate surface area is 153 Å². The van der Waals surface area contributed by atoms with Gasteiger partial charge in [-0.2, -0.15) is 0 Å². The number of hydrogen-bond acceptors (Lipinski definition) is 6. The summed E-state index contributed by atoms with van der Waals surface area (Å²) in [6.07, 6.45) is 3.42. The summed E-state index contributed by atoms with van der Waals surface area (Å²) in [6, 6.07) is 9.22. The van der Waals surface area contributed by atoms with Gasteiger partial charge < -0.3 is 10.2 Å². The largest absolute Gasteiger partial charge is 0.355 e. The second-order valence-electron chi connectivity index (χ2n) is 6.30. The molecule has 1 atom stereocenters. The predicted molar refractivity (Wildman–Crippen MR) is 99.6 cm³/mol. The zero-order valence-electron chi connectivity index (χ0n) is 14.6. The lowest BCUT2D eigenvalue weighted by molar-refractivity contribution is 0.0680. The zero-order chi connectivity index (χ0) is 18.6. The maximum atomic E-state index is 13.0. The Morgan fingerprint density at radius 3 is 2.50 bits per heavy atom. The monoisotopic (exact) mass is 374 g/mol. The first kappa shape index (κ1) is 18.3. The van der Waals surface area contributed by atoms with Crippen molar-refractivity contribution in [1.82, 2.24) is 14.9 Å². The summed E-state index contributed by atoms with van der Waals surface area (Å²) in [4.78, 5) is 23.0. The van der Waals surface area contributed by atoms with Crippen LogP contribution in [0.25, 0.3) is 0 Å². The van der Waals surface area contributed by atoms with E-state index in [1.165, 1.54) is 12.4 Å². The van der Waals surface area contributed by atoms with Crippen molar-refractivity contribution in [2.75, 3.05) is 23.4 Å². The van der Waals surface area contributed by atoms with Crippen molar-refractivity contribution in [1.29, 1.82) is 0 Å². The molecule has 26 heavy (non-hydrogen) atoms. The van der Waals surface area contributed by atoms with E-state index in [0.717, 1.165) is 5.56 Å². The van der Waals surface area contributed by atoms with Crippen LogP contribution >= 0.6 is 0 Å². The van der Waals surface area contributed by atoms with E-state index in [1.807, 2.05) is 37.3 Å². The quantitative estimate of drug-likeness (QED) is 0.828. The first-order valence-electron chi connectivity index (χ1n) is 8.60. The third-order valence-electron chi connectivity index (χ3n) is 4.34. The summed E-state index contributed by atoms with van der Waals surface area (Å²) in [6.45, 7) is 2.98. The van der Waals surface area contributed by atoms with Gasteiger partial charge in [-0.05, 0) is 18.9 Å². The lowest BCUT2D eigenvalue weighted by Crippen LogP contribution is -2.40. The number of carbonyl (C=O) groups excluding carboxylic acids is 1. The maximum absolute atomic E-state index is 13.0. The number of hydrogen-bond donors (Lipinski definition) is 1. The van der Waals surface area contributed by atoms with Gasteiger partial charge in [0.2, 0.25) is 5.95 Å². The average molecular weight is 374 g/mol. The van der Waals surface area contributed by atoms with Gasteiger partial charge in [0.1, 0.15) is 0 Å². The summed E-state index contributed by atoms with van der Waals surface area (Å²) in [7, 11) is -3.10. The molecule has 1 aliphatic heterocycles. The van der Waals surface area contributed by atoms with Gasteiger partial charge in [-0.15, -0.1) is 0 Å². The fraction of sp³-hybridized carbons (Fsp3) is 0.389. The van der Waals surface area contributed by atoms with Gasteiger partial charge in [-0.1, -0.05) is 30.3 Å². The van der Waals surface area contributed by atoms with Gasteiger partial charge in [0.25, 0.3) is 5.91 Å². The molecule has 0 bridgehead atoms. The first-order valence-corrected chi connectivity index (χ1v) is 10.4. The molecular formula is C18H22N4O3S. The molecule has 1 aliphatic rings. The molecule has 2 heterocycles. The SMILES string of the molecule is CCNc1ncc(C(=O)N(Cc2ccccc2)[C@H]2CCS(=O)(=O)C2)cn1. The van der Waals surface area contributed by atoms with E-state index in [2.05, 4.69) is 15.3 Å². The number of carbonyl (C=O) groups is 1. The van der Waals surface area contributed by atoms with Crippen LogP contribution in [0.1, 0.15) is 29.3 Å². The molecule has 0 unspecified atom stereocenters. The highest BCUT2D eigenvalue weighted by Crippen LogP contribution is 2.22. The highest BCUT2D eigenvalue weighted by molar-refractivity contribution is 7.91. The fourth-order valence-electron chi connectivity index (χ4n) is 3.02. The van der Waals surface area contributed by atoms with E-state index in [1.54, 1.807) is 4.90 Å². The number of aromatic nitrogens is 2. The van der Waals surface area contributed by atoms with Crippen molar-refractivity contribution in [3.05, 3.63) is 53.9 Å². The van der Waals surface area contributed by atoms with Crippen molar-refractivity contribution >= 4 is 21.7 Å².